The van der Waals surface area contributed by atoms with Crippen molar-refractivity contribution in [3.05, 3.63) is 71.8 Å². The number of aliphatic hydroxyl groups excluding tert-OH is 1. The third kappa shape index (κ3) is 4.91. The first kappa shape index (κ1) is 17.2. The van der Waals surface area contributed by atoms with E-state index in [0.717, 1.165) is 24.2 Å². The van der Waals surface area contributed by atoms with Gasteiger partial charge in [0.25, 0.3) is 0 Å². The molecule has 128 valence electrons. The Labute approximate surface area is 144 Å². The Kier molecular flexibility index (Phi) is 6.41. The van der Waals surface area contributed by atoms with Crippen LogP contribution in [0.3, 0.4) is 0 Å². The maximum atomic E-state index is 10.4. The van der Waals surface area contributed by atoms with Crippen molar-refractivity contribution in [2.24, 2.45) is 0 Å². The molecule has 24 heavy (non-hydrogen) atoms. The number of ether oxygens (including phenoxy) is 1. The van der Waals surface area contributed by atoms with Crippen molar-refractivity contribution < 1.29 is 9.84 Å². The van der Waals surface area contributed by atoms with Gasteiger partial charge in [-0.3, -0.25) is 0 Å². The van der Waals surface area contributed by atoms with E-state index in [-0.39, 0.29) is 6.10 Å². The second-order valence-corrected chi connectivity index (χ2v) is 6.55. The van der Waals surface area contributed by atoms with Gasteiger partial charge in [-0.25, -0.2) is 0 Å². The normalized spacial score (nSPS) is 17.1. The fraction of sp³-hybridized carbons (Fsp3) is 0.429. The highest BCUT2D eigenvalue weighted by Gasteiger charge is 2.19. The van der Waals surface area contributed by atoms with E-state index >= 15 is 0 Å². The number of hydrogen-bond acceptors (Lipinski definition) is 3. The van der Waals surface area contributed by atoms with Gasteiger partial charge in [-0.15, -0.1) is 0 Å². The highest BCUT2D eigenvalue weighted by molar-refractivity contribution is 5.29. The molecule has 2 aromatic rings. The number of β-amino-alcohol motifs (C(OH)–C–C–N with tert-alkyl or cyclic N) is 1. The number of nitrogens with zero attached hydrogens (tertiary/aromatic N) is 1. The van der Waals surface area contributed by atoms with Crippen LogP contribution in [-0.4, -0.2) is 42.4 Å². The van der Waals surface area contributed by atoms with Crippen molar-refractivity contribution in [2.45, 2.75) is 31.5 Å². The molecule has 3 rings (SSSR count). The zero-order valence-corrected chi connectivity index (χ0v) is 14.2. The van der Waals surface area contributed by atoms with Crippen LogP contribution in [0.25, 0.3) is 0 Å². The fourth-order valence-electron chi connectivity index (χ4n) is 3.34. The third-order valence-corrected chi connectivity index (χ3v) is 4.58. The van der Waals surface area contributed by atoms with Crippen LogP contribution in [-0.2, 0) is 4.74 Å². The molecule has 1 aliphatic rings. The van der Waals surface area contributed by atoms with E-state index in [1.807, 2.05) is 36.4 Å². The maximum Gasteiger partial charge on any atom is 0.108 e. The Balaban J connectivity index is 1.62. The molecular formula is C21H27NO2. The van der Waals surface area contributed by atoms with Crippen LogP contribution < -0.4 is 0 Å². The van der Waals surface area contributed by atoms with Gasteiger partial charge in [-0.05, 0) is 37.1 Å². The average Bonchev–Trinajstić information content (AvgIpc) is 2.64. The molecular weight excluding hydrogens is 298 g/mol. The van der Waals surface area contributed by atoms with Gasteiger partial charge in [-0.1, -0.05) is 67.1 Å². The minimum Gasteiger partial charge on any atom is -0.389 e. The van der Waals surface area contributed by atoms with Crippen LogP contribution in [0.2, 0.25) is 0 Å². The van der Waals surface area contributed by atoms with Crippen molar-refractivity contribution in [1.82, 2.24) is 4.90 Å². The van der Waals surface area contributed by atoms with Gasteiger partial charge in [-0.2, -0.15) is 0 Å². The second kappa shape index (κ2) is 8.97. The first-order chi connectivity index (χ1) is 11.8. The van der Waals surface area contributed by atoms with Crippen LogP contribution in [0.4, 0.5) is 0 Å². The van der Waals surface area contributed by atoms with E-state index in [2.05, 4.69) is 29.2 Å². The summed E-state index contributed by atoms with van der Waals surface area (Å²) in [6.07, 6.45) is 3.21. The molecule has 1 N–H and O–H groups in total. The van der Waals surface area contributed by atoms with Gasteiger partial charge < -0.3 is 14.7 Å². The lowest BCUT2D eigenvalue weighted by Gasteiger charge is -2.29. The van der Waals surface area contributed by atoms with Crippen molar-refractivity contribution in [1.29, 1.82) is 0 Å². The molecule has 2 aromatic carbocycles. The second-order valence-electron chi connectivity index (χ2n) is 6.55. The minimum absolute atomic E-state index is 0.136. The quantitative estimate of drug-likeness (QED) is 0.843. The van der Waals surface area contributed by atoms with Crippen LogP contribution in [0.5, 0.6) is 0 Å². The zero-order chi connectivity index (χ0) is 16.6. The SMILES string of the molecule is O[C@H](COC(c1ccccc1)c1ccccc1)CN1CCCCC1. The third-order valence-electron chi connectivity index (χ3n) is 4.58. The molecule has 0 aliphatic carbocycles. The molecule has 3 heteroatoms. The summed E-state index contributed by atoms with van der Waals surface area (Å²) in [5.41, 5.74) is 2.24. The van der Waals surface area contributed by atoms with E-state index in [1.54, 1.807) is 0 Å². The van der Waals surface area contributed by atoms with Crippen molar-refractivity contribution in [2.75, 3.05) is 26.2 Å². The molecule has 1 saturated heterocycles. The zero-order valence-electron chi connectivity index (χ0n) is 14.2. The number of benzene rings is 2. The number of aliphatic hydroxyl groups is 1. The standard InChI is InChI=1S/C21H27NO2/c23-20(16-22-14-8-3-9-15-22)17-24-21(18-10-4-1-5-11-18)19-12-6-2-7-13-19/h1-2,4-7,10-13,20-21,23H,3,8-9,14-17H2/t20-/m0/s1. The van der Waals surface area contributed by atoms with Gasteiger partial charge in [0.15, 0.2) is 0 Å². The number of hydrogen-bond donors (Lipinski definition) is 1. The first-order valence-electron chi connectivity index (χ1n) is 8.95. The summed E-state index contributed by atoms with van der Waals surface area (Å²) in [5, 5.41) is 10.4. The molecule has 0 amide bonds. The molecule has 0 saturated carbocycles. The number of likely N-dealkylation sites (tertiary alicyclic amines) is 1. The van der Waals surface area contributed by atoms with E-state index in [1.165, 1.54) is 19.3 Å². The van der Waals surface area contributed by atoms with E-state index in [0.29, 0.717) is 13.2 Å². The van der Waals surface area contributed by atoms with Crippen LogP contribution in [0.15, 0.2) is 60.7 Å². The van der Waals surface area contributed by atoms with Gasteiger partial charge in [0, 0.05) is 6.54 Å². The Bertz CT molecular complexity index is 542. The van der Waals surface area contributed by atoms with Gasteiger partial charge in [0.05, 0.1) is 12.7 Å². The molecule has 1 aliphatic heterocycles. The van der Waals surface area contributed by atoms with Crippen molar-refractivity contribution >= 4 is 0 Å². The molecule has 0 spiro atoms. The highest BCUT2D eigenvalue weighted by atomic mass is 16.5. The Hall–Kier alpha value is -1.68. The van der Waals surface area contributed by atoms with Gasteiger partial charge in [0.1, 0.15) is 6.10 Å². The Morgan fingerprint density at radius 2 is 1.38 bits per heavy atom. The van der Waals surface area contributed by atoms with Crippen molar-refractivity contribution in [3.8, 4) is 0 Å². The molecule has 3 nitrogen and oxygen atoms in total. The smallest absolute Gasteiger partial charge is 0.108 e. The van der Waals surface area contributed by atoms with E-state index in [4.69, 9.17) is 4.74 Å². The molecule has 0 bridgehead atoms. The van der Waals surface area contributed by atoms with Gasteiger partial charge in [0.2, 0.25) is 0 Å². The first-order valence-corrected chi connectivity index (χ1v) is 8.95. The monoisotopic (exact) mass is 325 g/mol. The topological polar surface area (TPSA) is 32.7 Å². The van der Waals surface area contributed by atoms with E-state index in [9.17, 15) is 5.11 Å². The number of piperidine rings is 1. The van der Waals surface area contributed by atoms with Gasteiger partial charge >= 0.3 is 0 Å². The summed E-state index contributed by atoms with van der Waals surface area (Å²) in [5.74, 6) is 0. The molecule has 1 heterocycles. The number of rotatable bonds is 7. The Morgan fingerprint density at radius 3 is 1.92 bits per heavy atom. The molecule has 0 radical (unpaired) electrons. The lowest BCUT2D eigenvalue weighted by molar-refractivity contribution is -0.0104. The molecule has 0 unspecified atom stereocenters. The Morgan fingerprint density at radius 1 is 0.833 bits per heavy atom. The summed E-state index contributed by atoms with van der Waals surface area (Å²) in [6.45, 7) is 3.25. The van der Waals surface area contributed by atoms with Crippen molar-refractivity contribution in [3.63, 3.8) is 0 Å². The highest BCUT2D eigenvalue weighted by Crippen LogP contribution is 2.26. The summed E-state index contributed by atoms with van der Waals surface area (Å²) in [6, 6.07) is 20.4. The van der Waals surface area contributed by atoms with Crippen LogP contribution >= 0.6 is 0 Å². The summed E-state index contributed by atoms with van der Waals surface area (Å²) >= 11 is 0. The fourth-order valence-corrected chi connectivity index (χ4v) is 3.34. The predicted octanol–water partition coefficient (Wildman–Crippen LogP) is 3.64. The summed E-state index contributed by atoms with van der Waals surface area (Å²) < 4.78 is 6.14. The predicted molar refractivity (Wildman–Crippen MR) is 97.0 cm³/mol. The summed E-state index contributed by atoms with van der Waals surface area (Å²) in [4.78, 5) is 2.34. The van der Waals surface area contributed by atoms with Crippen LogP contribution in [0, 0.1) is 0 Å². The molecule has 1 fully saturated rings. The largest absolute Gasteiger partial charge is 0.389 e. The lowest BCUT2D eigenvalue weighted by atomic mass is 10.0. The van der Waals surface area contributed by atoms with Crippen LogP contribution in [0.1, 0.15) is 36.5 Å². The maximum absolute atomic E-state index is 10.4. The van der Waals surface area contributed by atoms with E-state index < -0.39 is 6.10 Å². The lowest BCUT2D eigenvalue weighted by Crippen LogP contribution is -2.38. The minimum atomic E-state index is -0.446. The molecule has 1 atom stereocenters. The summed E-state index contributed by atoms with van der Waals surface area (Å²) in [7, 11) is 0. The average molecular weight is 325 g/mol. The molecule has 0 aromatic heterocycles.